The number of carbonyl (C=O) groups excluding carboxylic acids is 1. The Kier molecular flexibility index (Phi) is 4.10. The second-order valence-electron chi connectivity index (χ2n) is 5.06. The van der Waals surface area contributed by atoms with Gasteiger partial charge in [-0.2, -0.15) is 0 Å². The number of hydrogen-bond donors (Lipinski definition) is 0. The predicted molar refractivity (Wildman–Crippen MR) is 75.2 cm³/mol. The van der Waals surface area contributed by atoms with Crippen LogP contribution < -0.4 is 9.64 Å². The molecular weight excluding hydrogens is 242 g/mol. The Balaban J connectivity index is 2.46. The first-order valence-corrected chi connectivity index (χ1v) is 6.60. The minimum atomic E-state index is 0.0267. The lowest BCUT2D eigenvalue weighted by Gasteiger charge is -2.39. The number of ether oxygens (including phenoxy) is 2. The SMILES string of the molecule is COc1cccc(N2CC(C)OCC2C)c1C(C)=O. The van der Waals surface area contributed by atoms with Crippen LogP contribution in [0.3, 0.4) is 0 Å². The molecule has 1 aliphatic heterocycles. The van der Waals surface area contributed by atoms with Crippen molar-refractivity contribution in [1.82, 2.24) is 0 Å². The molecule has 0 bridgehead atoms. The molecule has 1 fully saturated rings. The monoisotopic (exact) mass is 263 g/mol. The third-order valence-corrected chi connectivity index (χ3v) is 3.49. The molecular formula is C15H21NO3. The van der Waals surface area contributed by atoms with Crippen molar-refractivity contribution in [3.63, 3.8) is 0 Å². The molecule has 1 aromatic rings. The summed E-state index contributed by atoms with van der Waals surface area (Å²) in [4.78, 5) is 14.2. The van der Waals surface area contributed by atoms with E-state index in [1.54, 1.807) is 14.0 Å². The van der Waals surface area contributed by atoms with Crippen molar-refractivity contribution in [2.24, 2.45) is 0 Å². The maximum Gasteiger partial charge on any atom is 0.165 e. The summed E-state index contributed by atoms with van der Waals surface area (Å²) in [6.45, 7) is 7.20. The van der Waals surface area contributed by atoms with Crippen LogP contribution in [-0.4, -0.2) is 38.2 Å². The Bertz CT molecular complexity index is 472. The highest BCUT2D eigenvalue weighted by atomic mass is 16.5. The second kappa shape index (κ2) is 5.61. The van der Waals surface area contributed by atoms with Gasteiger partial charge in [-0.25, -0.2) is 0 Å². The second-order valence-corrected chi connectivity index (χ2v) is 5.06. The molecule has 0 amide bonds. The van der Waals surface area contributed by atoms with Crippen molar-refractivity contribution >= 4 is 11.5 Å². The fraction of sp³-hybridized carbons (Fsp3) is 0.533. The van der Waals surface area contributed by atoms with Gasteiger partial charge in [-0.3, -0.25) is 4.79 Å². The fourth-order valence-electron chi connectivity index (χ4n) is 2.52. The van der Waals surface area contributed by atoms with E-state index in [0.717, 1.165) is 12.2 Å². The molecule has 2 rings (SSSR count). The number of rotatable bonds is 3. The minimum absolute atomic E-state index is 0.0267. The van der Waals surface area contributed by atoms with Crippen LogP contribution in [0.1, 0.15) is 31.1 Å². The van der Waals surface area contributed by atoms with Crippen LogP contribution in [0, 0.1) is 0 Å². The molecule has 0 N–H and O–H groups in total. The van der Waals surface area contributed by atoms with Crippen LogP contribution in [0.15, 0.2) is 18.2 Å². The topological polar surface area (TPSA) is 38.8 Å². The first-order chi connectivity index (χ1) is 9.04. The number of morpholine rings is 1. The third-order valence-electron chi connectivity index (χ3n) is 3.49. The van der Waals surface area contributed by atoms with E-state index in [-0.39, 0.29) is 17.9 Å². The van der Waals surface area contributed by atoms with E-state index in [9.17, 15) is 4.79 Å². The van der Waals surface area contributed by atoms with Crippen molar-refractivity contribution < 1.29 is 14.3 Å². The van der Waals surface area contributed by atoms with Crippen LogP contribution in [-0.2, 0) is 4.74 Å². The molecule has 0 aliphatic carbocycles. The molecule has 2 atom stereocenters. The Morgan fingerprint density at radius 3 is 2.79 bits per heavy atom. The van der Waals surface area contributed by atoms with E-state index in [1.807, 2.05) is 25.1 Å². The minimum Gasteiger partial charge on any atom is -0.496 e. The van der Waals surface area contributed by atoms with Gasteiger partial charge in [0.1, 0.15) is 5.75 Å². The van der Waals surface area contributed by atoms with Gasteiger partial charge >= 0.3 is 0 Å². The zero-order chi connectivity index (χ0) is 14.0. The third kappa shape index (κ3) is 2.73. The van der Waals surface area contributed by atoms with Gasteiger partial charge in [0.25, 0.3) is 0 Å². The summed E-state index contributed by atoms with van der Waals surface area (Å²) in [7, 11) is 1.59. The Hall–Kier alpha value is -1.55. The lowest BCUT2D eigenvalue weighted by atomic mass is 10.0. The van der Waals surface area contributed by atoms with Crippen LogP contribution in [0.4, 0.5) is 5.69 Å². The zero-order valence-corrected chi connectivity index (χ0v) is 12.0. The zero-order valence-electron chi connectivity index (χ0n) is 12.0. The van der Waals surface area contributed by atoms with Gasteiger partial charge in [0.15, 0.2) is 5.78 Å². The molecule has 0 radical (unpaired) electrons. The first kappa shape index (κ1) is 13.9. The molecule has 0 spiro atoms. The van der Waals surface area contributed by atoms with Gasteiger partial charge in [-0.1, -0.05) is 6.07 Å². The molecule has 0 saturated carbocycles. The van der Waals surface area contributed by atoms with Crippen molar-refractivity contribution in [1.29, 1.82) is 0 Å². The first-order valence-electron chi connectivity index (χ1n) is 6.60. The van der Waals surface area contributed by atoms with E-state index in [4.69, 9.17) is 9.47 Å². The molecule has 0 aromatic heterocycles. The van der Waals surface area contributed by atoms with Crippen LogP contribution in [0.2, 0.25) is 0 Å². The van der Waals surface area contributed by atoms with Gasteiger partial charge < -0.3 is 14.4 Å². The summed E-state index contributed by atoms with van der Waals surface area (Å²) in [6.07, 6.45) is 0.169. The highest BCUT2D eigenvalue weighted by Crippen LogP contribution is 2.32. The van der Waals surface area contributed by atoms with Gasteiger partial charge in [0.05, 0.1) is 31.1 Å². The molecule has 4 nitrogen and oxygen atoms in total. The standard InChI is InChI=1S/C15H21NO3/c1-10-9-19-11(2)8-16(10)13-6-5-7-14(18-4)15(13)12(3)17/h5-7,10-11H,8-9H2,1-4H3. The molecule has 1 aliphatic rings. The Morgan fingerprint density at radius 1 is 1.42 bits per heavy atom. The van der Waals surface area contributed by atoms with E-state index in [0.29, 0.717) is 17.9 Å². The lowest BCUT2D eigenvalue weighted by molar-refractivity contribution is 0.0342. The van der Waals surface area contributed by atoms with Crippen LogP contribution >= 0.6 is 0 Å². The van der Waals surface area contributed by atoms with Crippen molar-refractivity contribution in [3.8, 4) is 5.75 Å². The number of hydrogen-bond acceptors (Lipinski definition) is 4. The largest absolute Gasteiger partial charge is 0.496 e. The molecule has 2 unspecified atom stereocenters. The normalized spacial score (nSPS) is 23.3. The smallest absolute Gasteiger partial charge is 0.165 e. The van der Waals surface area contributed by atoms with E-state index in [1.165, 1.54) is 0 Å². The summed E-state index contributed by atoms with van der Waals surface area (Å²) < 4.78 is 11.0. The van der Waals surface area contributed by atoms with Gasteiger partial charge in [0, 0.05) is 12.6 Å². The number of ketones is 1. The summed E-state index contributed by atoms with van der Waals surface area (Å²) in [6, 6.07) is 5.98. The number of methoxy groups -OCH3 is 1. The number of carbonyl (C=O) groups is 1. The van der Waals surface area contributed by atoms with E-state index < -0.39 is 0 Å². The lowest BCUT2D eigenvalue weighted by Crippen LogP contribution is -2.47. The van der Waals surface area contributed by atoms with Crippen molar-refractivity contribution in [3.05, 3.63) is 23.8 Å². The van der Waals surface area contributed by atoms with E-state index in [2.05, 4.69) is 11.8 Å². The highest BCUT2D eigenvalue weighted by Gasteiger charge is 2.27. The summed E-state index contributed by atoms with van der Waals surface area (Å²) >= 11 is 0. The summed E-state index contributed by atoms with van der Waals surface area (Å²) in [5.41, 5.74) is 1.60. The Labute approximate surface area is 114 Å². The molecule has 1 heterocycles. The predicted octanol–water partition coefficient (Wildman–Crippen LogP) is 2.51. The maximum absolute atomic E-state index is 11.9. The van der Waals surface area contributed by atoms with Gasteiger partial charge in [-0.05, 0) is 32.9 Å². The van der Waals surface area contributed by atoms with Crippen molar-refractivity contribution in [2.75, 3.05) is 25.2 Å². The molecule has 104 valence electrons. The fourth-order valence-corrected chi connectivity index (χ4v) is 2.52. The Morgan fingerprint density at radius 2 is 2.16 bits per heavy atom. The number of nitrogens with zero attached hydrogens (tertiary/aromatic N) is 1. The molecule has 1 saturated heterocycles. The van der Waals surface area contributed by atoms with Crippen LogP contribution in [0.25, 0.3) is 0 Å². The quantitative estimate of drug-likeness (QED) is 0.785. The molecule has 1 aromatic carbocycles. The molecule has 19 heavy (non-hydrogen) atoms. The van der Waals surface area contributed by atoms with Crippen molar-refractivity contribution in [2.45, 2.75) is 32.9 Å². The van der Waals surface area contributed by atoms with Gasteiger partial charge in [-0.15, -0.1) is 0 Å². The average Bonchev–Trinajstić information content (AvgIpc) is 2.40. The van der Waals surface area contributed by atoms with Gasteiger partial charge in [0.2, 0.25) is 0 Å². The summed E-state index contributed by atoms with van der Waals surface area (Å²) in [5, 5.41) is 0. The highest BCUT2D eigenvalue weighted by molar-refractivity contribution is 6.02. The summed E-state index contributed by atoms with van der Waals surface area (Å²) in [5.74, 6) is 0.662. The number of Topliss-reactive ketones (excluding diaryl/α,β-unsaturated/α-hetero) is 1. The molecule has 4 heteroatoms. The number of benzene rings is 1. The number of anilines is 1. The van der Waals surface area contributed by atoms with E-state index >= 15 is 0 Å². The van der Waals surface area contributed by atoms with Crippen LogP contribution in [0.5, 0.6) is 5.75 Å². The average molecular weight is 263 g/mol. The maximum atomic E-state index is 11.9.